The number of hydrogen-bond acceptors (Lipinski definition) is 6. The molecule has 1 aromatic rings. The Labute approximate surface area is 203 Å². The Hall–Kier alpha value is -2.28. The van der Waals surface area contributed by atoms with Crippen molar-refractivity contribution in [1.82, 2.24) is 10.2 Å². The van der Waals surface area contributed by atoms with Crippen LogP contribution in [0.1, 0.15) is 101 Å². The SMILES string of the molecule is CC(C)c1cc(C(=O)N2CCC(N[C@H](C(=O)OC(C)(C)C)C3CCCCC3)CC2)c(O)cc1O. The number of hydrogen-bond donors (Lipinski definition) is 3. The molecule has 0 spiro atoms. The number of esters is 1. The van der Waals surface area contributed by atoms with Crippen molar-refractivity contribution in [3.63, 3.8) is 0 Å². The Morgan fingerprint density at radius 2 is 1.62 bits per heavy atom. The molecule has 2 fully saturated rings. The number of amides is 1. The smallest absolute Gasteiger partial charge is 0.323 e. The van der Waals surface area contributed by atoms with Gasteiger partial charge in [-0.2, -0.15) is 0 Å². The number of ether oxygens (including phenoxy) is 1. The van der Waals surface area contributed by atoms with Gasteiger partial charge in [0, 0.05) is 25.2 Å². The molecule has 2 aliphatic rings. The molecule has 1 saturated heterocycles. The molecule has 7 heteroatoms. The lowest BCUT2D eigenvalue weighted by molar-refractivity contribution is -0.160. The second kappa shape index (κ2) is 11.0. The summed E-state index contributed by atoms with van der Waals surface area (Å²) in [6.45, 7) is 10.7. The van der Waals surface area contributed by atoms with Gasteiger partial charge in [-0.25, -0.2) is 0 Å². The monoisotopic (exact) mass is 474 g/mol. The van der Waals surface area contributed by atoms with Crippen molar-refractivity contribution >= 4 is 11.9 Å². The van der Waals surface area contributed by atoms with Gasteiger partial charge in [-0.1, -0.05) is 33.1 Å². The molecule has 190 valence electrons. The van der Waals surface area contributed by atoms with Gasteiger partial charge < -0.3 is 25.2 Å². The van der Waals surface area contributed by atoms with Crippen molar-refractivity contribution in [3.8, 4) is 11.5 Å². The number of nitrogens with zero attached hydrogens (tertiary/aromatic N) is 1. The summed E-state index contributed by atoms with van der Waals surface area (Å²) >= 11 is 0. The predicted molar refractivity (Wildman–Crippen MR) is 132 cm³/mol. The van der Waals surface area contributed by atoms with Crippen LogP contribution in [0.3, 0.4) is 0 Å². The topological polar surface area (TPSA) is 99.1 Å². The quantitative estimate of drug-likeness (QED) is 0.517. The third-order valence-electron chi connectivity index (χ3n) is 6.98. The summed E-state index contributed by atoms with van der Waals surface area (Å²) in [6, 6.07) is 2.67. The van der Waals surface area contributed by atoms with Crippen LogP contribution in [0.4, 0.5) is 0 Å². The van der Waals surface area contributed by atoms with Crippen molar-refractivity contribution in [2.75, 3.05) is 13.1 Å². The molecule has 7 nitrogen and oxygen atoms in total. The molecule has 1 atom stereocenters. The number of piperidine rings is 1. The summed E-state index contributed by atoms with van der Waals surface area (Å²) in [5, 5.41) is 24.0. The van der Waals surface area contributed by atoms with Crippen LogP contribution in [-0.2, 0) is 9.53 Å². The molecule has 0 unspecified atom stereocenters. The number of likely N-dealkylation sites (tertiary alicyclic amines) is 1. The zero-order valence-electron chi connectivity index (χ0n) is 21.4. The van der Waals surface area contributed by atoms with Crippen LogP contribution in [0, 0.1) is 5.92 Å². The van der Waals surface area contributed by atoms with Gasteiger partial charge in [-0.05, 0) is 69.9 Å². The molecule has 1 saturated carbocycles. The molecule has 0 radical (unpaired) electrons. The minimum atomic E-state index is -0.525. The van der Waals surface area contributed by atoms with E-state index in [9.17, 15) is 19.8 Å². The Balaban J connectivity index is 1.65. The van der Waals surface area contributed by atoms with Crippen molar-refractivity contribution in [2.45, 2.75) is 103 Å². The minimum Gasteiger partial charge on any atom is -0.508 e. The van der Waals surface area contributed by atoms with E-state index < -0.39 is 5.60 Å². The normalized spacial score (nSPS) is 19.3. The molecule has 1 aliphatic heterocycles. The van der Waals surface area contributed by atoms with Gasteiger partial charge in [0.2, 0.25) is 0 Å². The molecule has 1 heterocycles. The maximum absolute atomic E-state index is 13.1. The Bertz CT molecular complexity index is 863. The summed E-state index contributed by atoms with van der Waals surface area (Å²) in [7, 11) is 0. The molecular weight excluding hydrogens is 432 g/mol. The second-order valence-corrected chi connectivity index (χ2v) is 11.2. The first-order chi connectivity index (χ1) is 16.0. The Kier molecular flexibility index (Phi) is 8.50. The largest absolute Gasteiger partial charge is 0.508 e. The lowest BCUT2D eigenvalue weighted by Crippen LogP contribution is -2.53. The van der Waals surface area contributed by atoms with E-state index in [2.05, 4.69) is 5.32 Å². The first kappa shape index (κ1) is 26.3. The summed E-state index contributed by atoms with van der Waals surface area (Å²) < 4.78 is 5.75. The standard InChI is InChI=1S/C27H42N2O5/c1-17(2)20-15-21(23(31)16-22(20)30)25(32)29-13-11-19(12-14-29)28-24(18-9-7-6-8-10-18)26(33)34-27(3,4)5/h15-19,24,28,30-31H,6-14H2,1-5H3/t24-/m0/s1. The number of phenols is 2. The van der Waals surface area contributed by atoms with Gasteiger partial charge in [0.05, 0.1) is 5.56 Å². The molecule has 34 heavy (non-hydrogen) atoms. The molecule has 3 rings (SSSR count). The minimum absolute atomic E-state index is 0.00264. The number of rotatable bonds is 6. The van der Waals surface area contributed by atoms with Crippen molar-refractivity contribution in [2.24, 2.45) is 5.92 Å². The summed E-state index contributed by atoms with van der Waals surface area (Å²) in [4.78, 5) is 27.9. The van der Waals surface area contributed by atoms with E-state index in [1.165, 1.54) is 12.5 Å². The first-order valence-electron chi connectivity index (χ1n) is 12.8. The average molecular weight is 475 g/mol. The highest BCUT2D eigenvalue weighted by molar-refractivity contribution is 5.97. The van der Waals surface area contributed by atoms with Gasteiger partial charge in [-0.15, -0.1) is 0 Å². The fraction of sp³-hybridized carbons (Fsp3) is 0.704. The molecule has 1 amide bonds. The van der Waals surface area contributed by atoms with Crippen LogP contribution in [0.25, 0.3) is 0 Å². The van der Waals surface area contributed by atoms with Crippen LogP contribution in [0.15, 0.2) is 12.1 Å². The summed E-state index contributed by atoms with van der Waals surface area (Å²) in [5.74, 6) is -0.280. The zero-order chi connectivity index (χ0) is 25.0. The fourth-order valence-electron chi connectivity index (χ4n) is 5.13. The van der Waals surface area contributed by atoms with Gasteiger partial charge in [0.1, 0.15) is 23.1 Å². The van der Waals surface area contributed by atoms with Crippen LogP contribution >= 0.6 is 0 Å². The molecule has 3 N–H and O–H groups in total. The number of nitrogens with one attached hydrogen (secondary N) is 1. The van der Waals surface area contributed by atoms with Crippen LogP contribution < -0.4 is 5.32 Å². The number of aromatic hydroxyl groups is 2. The third-order valence-corrected chi connectivity index (χ3v) is 6.98. The van der Waals surface area contributed by atoms with Crippen LogP contribution in [0.2, 0.25) is 0 Å². The van der Waals surface area contributed by atoms with Gasteiger partial charge in [0.25, 0.3) is 5.91 Å². The summed E-state index contributed by atoms with van der Waals surface area (Å²) in [6.07, 6.45) is 7.04. The number of phenolic OH excluding ortho intramolecular Hbond substituents is 2. The Morgan fingerprint density at radius 1 is 1.00 bits per heavy atom. The molecule has 0 bridgehead atoms. The van der Waals surface area contributed by atoms with Crippen molar-refractivity contribution in [1.29, 1.82) is 0 Å². The van der Waals surface area contributed by atoms with Gasteiger partial charge in [0.15, 0.2) is 0 Å². The lowest BCUT2D eigenvalue weighted by atomic mass is 9.83. The second-order valence-electron chi connectivity index (χ2n) is 11.2. The fourth-order valence-corrected chi connectivity index (χ4v) is 5.13. The first-order valence-corrected chi connectivity index (χ1v) is 12.8. The van der Waals surface area contributed by atoms with Gasteiger partial charge >= 0.3 is 5.97 Å². The Morgan fingerprint density at radius 3 is 2.18 bits per heavy atom. The van der Waals surface area contributed by atoms with E-state index in [1.807, 2.05) is 34.6 Å². The lowest BCUT2D eigenvalue weighted by Gasteiger charge is -2.38. The highest BCUT2D eigenvalue weighted by Crippen LogP contribution is 2.33. The van der Waals surface area contributed by atoms with Crippen LogP contribution in [-0.4, -0.2) is 57.8 Å². The van der Waals surface area contributed by atoms with Crippen LogP contribution in [0.5, 0.6) is 11.5 Å². The number of benzene rings is 1. The number of carbonyl (C=O) groups excluding carboxylic acids is 2. The maximum atomic E-state index is 13.1. The summed E-state index contributed by atoms with van der Waals surface area (Å²) in [5.41, 5.74) is 0.342. The molecular formula is C27H42N2O5. The van der Waals surface area contributed by atoms with Gasteiger partial charge in [-0.3, -0.25) is 9.59 Å². The molecule has 0 aromatic heterocycles. The van der Waals surface area contributed by atoms with E-state index in [0.29, 0.717) is 18.7 Å². The van der Waals surface area contributed by atoms with E-state index in [-0.39, 0.29) is 52.9 Å². The number of carbonyl (C=O) groups is 2. The highest BCUT2D eigenvalue weighted by Gasteiger charge is 2.36. The van der Waals surface area contributed by atoms with E-state index in [1.54, 1.807) is 11.0 Å². The van der Waals surface area contributed by atoms with E-state index in [0.717, 1.165) is 38.5 Å². The predicted octanol–water partition coefficient (Wildman–Crippen LogP) is 4.71. The molecule has 1 aliphatic carbocycles. The zero-order valence-corrected chi connectivity index (χ0v) is 21.4. The third kappa shape index (κ3) is 6.65. The van der Waals surface area contributed by atoms with Crippen molar-refractivity contribution < 1.29 is 24.5 Å². The maximum Gasteiger partial charge on any atom is 0.323 e. The van der Waals surface area contributed by atoms with Crippen molar-refractivity contribution in [3.05, 3.63) is 23.3 Å². The van der Waals surface area contributed by atoms with E-state index in [4.69, 9.17) is 4.74 Å². The molecule has 1 aromatic carbocycles. The highest BCUT2D eigenvalue weighted by atomic mass is 16.6. The van der Waals surface area contributed by atoms with E-state index >= 15 is 0 Å². The average Bonchev–Trinajstić information content (AvgIpc) is 2.76.